The van der Waals surface area contributed by atoms with Crippen LogP contribution in [0.4, 0.5) is 5.69 Å². The second-order valence-electron chi connectivity index (χ2n) is 6.91. The van der Waals surface area contributed by atoms with E-state index in [9.17, 15) is 10.1 Å². The van der Waals surface area contributed by atoms with Gasteiger partial charge in [0.25, 0.3) is 5.91 Å². The normalized spacial score (nSPS) is 10.9. The molecule has 162 valence electrons. The summed E-state index contributed by atoms with van der Waals surface area (Å²) in [5.41, 5.74) is 3.04. The molecule has 0 fully saturated rings. The minimum atomic E-state index is -0.512. The van der Waals surface area contributed by atoms with Crippen molar-refractivity contribution in [3.63, 3.8) is 0 Å². The standard InChI is InChI=1S/C25H20BrClN2O3/c1-16-6-5-8-20(10-16)29-25(30)19(14-28)11-17-12-22(27)24(23(13-17)31-2)32-15-18-7-3-4-9-21(18)26/h3-13H,15H2,1-2H3,(H,29,30)/b19-11+. The molecule has 3 aromatic carbocycles. The Balaban J connectivity index is 1.83. The second kappa shape index (κ2) is 10.9. The number of anilines is 1. The Labute approximate surface area is 200 Å². The monoisotopic (exact) mass is 510 g/mol. The van der Waals surface area contributed by atoms with E-state index in [0.717, 1.165) is 15.6 Å². The van der Waals surface area contributed by atoms with Gasteiger partial charge in [0.05, 0.1) is 12.1 Å². The average Bonchev–Trinajstić information content (AvgIpc) is 2.77. The molecule has 0 spiro atoms. The van der Waals surface area contributed by atoms with E-state index >= 15 is 0 Å². The van der Waals surface area contributed by atoms with Crippen molar-refractivity contribution in [1.82, 2.24) is 0 Å². The number of ether oxygens (including phenoxy) is 2. The number of amides is 1. The van der Waals surface area contributed by atoms with Crippen molar-refractivity contribution in [3.05, 3.63) is 92.4 Å². The van der Waals surface area contributed by atoms with E-state index in [0.29, 0.717) is 27.8 Å². The van der Waals surface area contributed by atoms with Gasteiger partial charge >= 0.3 is 0 Å². The van der Waals surface area contributed by atoms with Crippen LogP contribution in [0.25, 0.3) is 6.08 Å². The number of carbonyl (C=O) groups is 1. The molecule has 0 atom stereocenters. The van der Waals surface area contributed by atoms with Crippen LogP contribution in [0.2, 0.25) is 5.02 Å². The lowest BCUT2D eigenvalue weighted by Crippen LogP contribution is -2.13. The predicted octanol–water partition coefficient (Wildman–Crippen LogP) is 6.54. The van der Waals surface area contributed by atoms with Gasteiger partial charge in [0.1, 0.15) is 18.2 Å². The number of benzene rings is 3. The minimum absolute atomic E-state index is 0.0634. The molecule has 0 radical (unpaired) electrons. The molecule has 0 aromatic heterocycles. The molecule has 0 aliphatic heterocycles. The third-order valence-corrected chi connectivity index (χ3v) is 5.59. The van der Waals surface area contributed by atoms with Gasteiger partial charge in [0.15, 0.2) is 11.5 Å². The van der Waals surface area contributed by atoms with Crippen LogP contribution in [-0.4, -0.2) is 13.0 Å². The molecule has 0 saturated carbocycles. The summed E-state index contributed by atoms with van der Waals surface area (Å²) >= 11 is 9.93. The molecule has 0 unspecified atom stereocenters. The average molecular weight is 512 g/mol. The van der Waals surface area contributed by atoms with E-state index in [2.05, 4.69) is 21.2 Å². The third kappa shape index (κ3) is 5.91. The van der Waals surface area contributed by atoms with E-state index in [1.165, 1.54) is 13.2 Å². The molecule has 7 heteroatoms. The molecule has 0 saturated heterocycles. The largest absolute Gasteiger partial charge is 0.493 e. The van der Waals surface area contributed by atoms with Gasteiger partial charge in [-0.05, 0) is 54.5 Å². The fourth-order valence-electron chi connectivity index (χ4n) is 2.97. The highest BCUT2D eigenvalue weighted by atomic mass is 79.9. The Morgan fingerprint density at radius 3 is 2.66 bits per heavy atom. The van der Waals surface area contributed by atoms with Crippen LogP contribution in [0, 0.1) is 18.3 Å². The summed E-state index contributed by atoms with van der Waals surface area (Å²) < 4.78 is 12.3. The van der Waals surface area contributed by atoms with Crippen LogP contribution in [0.3, 0.4) is 0 Å². The molecule has 5 nitrogen and oxygen atoms in total. The van der Waals surface area contributed by atoms with Crippen molar-refractivity contribution in [2.75, 3.05) is 12.4 Å². The van der Waals surface area contributed by atoms with Crippen molar-refractivity contribution in [1.29, 1.82) is 5.26 Å². The van der Waals surface area contributed by atoms with Crippen LogP contribution in [0.5, 0.6) is 11.5 Å². The van der Waals surface area contributed by atoms with Gasteiger partial charge in [-0.3, -0.25) is 4.79 Å². The highest BCUT2D eigenvalue weighted by Crippen LogP contribution is 2.38. The lowest BCUT2D eigenvalue weighted by molar-refractivity contribution is -0.112. The summed E-state index contributed by atoms with van der Waals surface area (Å²) in [5, 5.41) is 12.5. The number of methoxy groups -OCH3 is 1. The first kappa shape index (κ1) is 23.4. The van der Waals surface area contributed by atoms with Crippen molar-refractivity contribution in [2.24, 2.45) is 0 Å². The molecule has 0 bridgehead atoms. The van der Waals surface area contributed by atoms with E-state index in [4.69, 9.17) is 21.1 Å². The zero-order chi connectivity index (χ0) is 23.1. The first-order chi connectivity index (χ1) is 15.4. The smallest absolute Gasteiger partial charge is 0.266 e. The molecule has 1 N–H and O–H groups in total. The van der Waals surface area contributed by atoms with Crippen LogP contribution in [-0.2, 0) is 11.4 Å². The van der Waals surface area contributed by atoms with Gasteiger partial charge in [0, 0.05) is 15.7 Å². The fraction of sp³-hybridized carbons (Fsp3) is 0.120. The van der Waals surface area contributed by atoms with Crippen LogP contribution in [0.1, 0.15) is 16.7 Å². The summed E-state index contributed by atoms with van der Waals surface area (Å²) in [4.78, 5) is 12.6. The Hall–Kier alpha value is -3.27. The number of aryl methyl sites for hydroxylation is 1. The van der Waals surface area contributed by atoms with E-state index in [-0.39, 0.29) is 12.2 Å². The van der Waals surface area contributed by atoms with Crippen LogP contribution in [0.15, 0.2) is 70.7 Å². The highest BCUT2D eigenvalue weighted by molar-refractivity contribution is 9.10. The topological polar surface area (TPSA) is 71.3 Å². The maximum Gasteiger partial charge on any atom is 0.266 e. The van der Waals surface area contributed by atoms with Gasteiger partial charge in [0.2, 0.25) is 0 Å². The summed E-state index contributed by atoms with van der Waals surface area (Å²) in [5.74, 6) is 0.263. The Morgan fingerprint density at radius 2 is 1.97 bits per heavy atom. The number of rotatable bonds is 7. The van der Waals surface area contributed by atoms with Gasteiger partial charge < -0.3 is 14.8 Å². The van der Waals surface area contributed by atoms with Crippen LogP contribution < -0.4 is 14.8 Å². The van der Waals surface area contributed by atoms with Gasteiger partial charge in [-0.15, -0.1) is 0 Å². The quantitative estimate of drug-likeness (QED) is 0.289. The first-order valence-electron chi connectivity index (χ1n) is 9.65. The molecule has 32 heavy (non-hydrogen) atoms. The molecule has 3 rings (SSSR count). The molecule has 1 amide bonds. The van der Waals surface area contributed by atoms with Crippen molar-refractivity contribution in [2.45, 2.75) is 13.5 Å². The lowest BCUT2D eigenvalue weighted by Gasteiger charge is -2.14. The zero-order valence-electron chi connectivity index (χ0n) is 17.5. The molecular weight excluding hydrogens is 492 g/mol. The van der Waals surface area contributed by atoms with Gasteiger partial charge in [-0.1, -0.05) is 57.9 Å². The molecular formula is C25H20BrClN2O3. The zero-order valence-corrected chi connectivity index (χ0v) is 19.8. The second-order valence-corrected chi connectivity index (χ2v) is 8.17. The van der Waals surface area contributed by atoms with E-state index in [1.807, 2.05) is 55.5 Å². The van der Waals surface area contributed by atoms with E-state index in [1.54, 1.807) is 18.2 Å². The molecule has 0 aliphatic carbocycles. The maximum atomic E-state index is 12.6. The number of carbonyl (C=O) groups excluding carboxylic acids is 1. The summed E-state index contributed by atoms with van der Waals surface area (Å²) in [6.45, 7) is 2.21. The molecule has 0 heterocycles. The SMILES string of the molecule is COc1cc(/C=C(\C#N)C(=O)Nc2cccc(C)c2)cc(Cl)c1OCc1ccccc1Br. The number of halogens is 2. The number of hydrogen-bond acceptors (Lipinski definition) is 4. The highest BCUT2D eigenvalue weighted by Gasteiger charge is 2.15. The molecule has 3 aromatic rings. The summed E-state index contributed by atoms with van der Waals surface area (Å²) in [6, 6.07) is 20.3. The maximum absolute atomic E-state index is 12.6. The Kier molecular flexibility index (Phi) is 7.93. The van der Waals surface area contributed by atoms with Gasteiger partial charge in [-0.25, -0.2) is 0 Å². The van der Waals surface area contributed by atoms with Crippen LogP contribution >= 0.6 is 27.5 Å². The fourth-order valence-corrected chi connectivity index (χ4v) is 3.64. The first-order valence-corrected chi connectivity index (χ1v) is 10.8. The van der Waals surface area contributed by atoms with Crippen molar-refractivity contribution in [3.8, 4) is 17.6 Å². The van der Waals surface area contributed by atoms with Crippen molar-refractivity contribution >= 4 is 45.2 Å². The number of nitriles is 1. The lowest BCUT2D eigenvalue weighted by atomic mass is 10.1. The Morgan fingerprint density at radius 1 is 1.19 bits per heavy atom. The third-order valence-electron chi connectivity index (χ3n) is 4.53. The van der Waals surface area contributed by atoms with E-state index < -0.39 is 5.91 Å². The number of hydrogen-bond donors (Lipinski definition) is 1. The minimum Gasteiger partial charge on any atom is -0.493 e. The summed E-state index contributed by atoms with van der Waals surface area (Å²) in [7, 11) is 1.50. The number of nitrogens with one attached hydrogen (secondary N) is 1. The van der Waals surface area contributed by atoms with Gasteiger partial charge in [-0.2, -0.15) is 5.26 Å². The predicted molar refractivity (Wildman–Crippen MR) is 130 cm³/mol. The molecule has 0 aliphatic rings. The summed E-state index contributed by atoms with van der Waals surface area (Å²) in [6.07, 6.45) is 1.46. The van der Waals surface area contributed by atoms with Crippen molar-refractivity contribution < 1.29 is 14.3 Å². The number of nitrogens with zero attached hydrogens (tertiary/aromatic N) is 1. The Bertz CT molecular complexity index is 1220.